The summed E-state index contributed by atoms with van der Waals surface area (Å²) >= 11 is 0. The van der Waals surface area contributed by atoms with Gasteiger partial charge in [0.05, 0.1) is 12.1 Å². The third-order valence-electron chi connectivity index (χ3n) is 4.11. The van der Waals surface area contributed by atoms with Gasteiger partial charge in [-0.15, -0.1) is 0 Å². The lowest BCUT2D eigenvalue weighted by Gasteiger charge is -2.30. The molecule has 0 radical (unpaired) electrons. The van der Waals surface area contributed by atoms with Crippen LogP contribution < -0.4 is 0 Å². The fourth-order valence-electron chi connectivity index (χ4n) is 2.89. The summed E-state index contributed by atoms with van der Waals surface area (Å²) in [7, 11) is 0. The van der Waals surface area contributed by atoms with E-state index >= 15 is 0 Å². The monoisotopic (exact) mass is 302 g/mol. The van der Waals surface area contributed by atoms with Crippen molar-refractivity contribution < 1.29 is 13.6 Å². The average molecular weight is 302 g/mol. The number of benzene rings is 1. The van der Waals surface area contributed by atoms with Gasteiger partial charge in [0.2, 0.25) is 5.91 Å². The van der Waals surface area contributed by atoms with E-state index in [1.807, 2.05) is 11.0 Å². The summed E-state index contributed by atoms with van der Waals surface area (Å²) in [6, 6.07) is 6.67. The quantitative estimate of drug-likeness (QED) is 0.875. The van der Waals surface area contributed by atoms with Crippen molar-refractivity contribution >= 4 is 5.91 Å². The molecule has 1 fully saturated rings. The van der Waals surface area contributed by atoms with Gasteiger partial charge in [0, 0.05) is 26.4 Å². The van der Waals surface area contributed by atoms with Crippen LogP contribution in [-0.4, -0.2) is 28.9 Å². The highest BCUT2D eigenvalue weighted by atomic mass is 19.1. The van der Waals surface area contributed by atoms with Crippen molar-refractivity contribution in [2.45, 2.75) is 32.1 Å². The van der Waals surface area contributed by atoms with E-state index in [-0.39, 0.29) is 17.6 Å². The maximum Gasteiger partial charge on any atom is 0.219 e. The number of halogens is 1. The van der Waals surface area contributed by atoms with Crippen LogP contribution in [0.25, 0.3) is 0 Å². The molecular weight excluding hydrogens is 283 g/mol. The zero-order valence-electron chi connectivity index (χ0n) is 12.6. The van der Waals surface area contributed by atoms with Crippen LogP contribution >= 0.6 is 0 Å². The zero-order valence-corrected chi connectivity index (χ0v) is 12.6. The number of hydrogen-bond donors (Lipinski definition) is 0. The van der Waals surface area contributed by atoms with Gasteiger partial charge < -0.3 is 9.32 Å². The van der Waals surface area contributed by atoms with Crippen LogP contribution in [0.15, 0.2) is 34.9 Å². The fraction of sp³-hybridized carbons (Fsp3) is 0.412. The highest BCUT2D eigenvalue weighted by Crippen LogP contribution is 2.27. The lowest BCUT2D eigenvalue weighted by molar-refractivity contribution is -0.130. The predicted molar refractivity (Wildman–Crippen MR) is 79.9 cm³/mol. The van der Waals surface area contributed by atoms with E-state index in [1.54, 1.807) is 25.3 Å². The number of carbonyl (C=O) groups is 1. The van der Waals surface area contributed by atoms with Gasteiger partial charge >= 0.3 is 0 Å². The van der Waals surface area contributed by atoms with Crippen molar-refractivity contribution in [1.82, 2.24) is 9.88 Å². The lowest BCUT2D eigenvalue weighted by atomic mass is 9.98. The van der Waals surface area contributed by atoms with Gasteiger partial charge in [-0.2, -0.15) is 0 Å². The molecule has 1 saturated heterocycles. The molecule has 1 atom stereocenters. The SMILES string of the molecule is CC(=O)N1CCC[C@@H](c2ncc(Cc3ccccc3F)o2)C1. The number of hydrogen-bond acceptors (Lipinski definition) is 3. The third-order valence-corrected chi connectivity index (χ3v) is 4.11. The molecule has 3 rings (SSSR count). The second kappa shape index (κ2) is 6.30. The summed E-state index contributed by atoms with van der Waals surface area (Å²) in [5.74, 6) is 1.29. The third kappa shape index (κ3) is 3.18. The summed E-state index contributed by atoms with van der Waals surface area (Å²) < 4.78 is 19.5. The molecule has 5 heteroatoms. The molecule has 1 aliphatic rings. The lowest BCUT2D eigenvalue weighted by Crippen LogP contribution is -2.37. The molecule has 1 amide bonds. The first-order valence-electron chi connectivity index (χ1n) is 7.57. The standard InChI is InChI=1S/C17H19FN2O2/c1-12(21)20-8-4-6-14(11-20)17-19-10-15(22-17)9-13-5-2-3-7-16(13)18/h2-3,5,7,10,14H,4,6,8-9,11H2,1H3/t14-/m1/s1. The van der Waals surface area contributed by atoms with Crippen LogP contribution in [0, 0.1) is 5.82 Å². The number of piperidine rings is 1. The van der Waals surface area contributed by atoms with Crippen LogP contribution in [0.1, 0.15) is 42.9 Å². The summed E-state index contributed by atoms with van der Waals surface area (Å²) in [4.78, 5) is 17.7. The Labute approximate surface area is 129 Å². The van der Waals surface area contributed by atoms with Crippen molar-refractivity contribution in [1.29, 1.82) is 0 Å². The van der Waals surface area contributed by atoms with E-state index in [2.05, 4.69) is 4.98 Å². The Hall–Kier alpha value is -2.17. The normalized spacial score (nSPS) is 18.5. The Balaban J connectivity index is 1.71. The van der Waals surface area contributed by atoms with Gasteiger partial charge in [-0.05, 0) is 24.5 Å². The maximum absolute atomic E-state index is 13.7. The molecule has 0 unspecified atom stereocenters. The van der Waals surface area contributed by atoms with Crippen molar-refractivity contribution in [3.63, 3.8) is 0 Å². The predicted octanol–water partition coefficient (Wildman–Crippen LogP) is 3.13. The van der Waals surface area contributed by atoms with Crippen LogP contribution in [0.3, 0.4) is 0 Å². The van der Waals surface area contributed by atoms with Gasteiger partial charge in [0.1, 0.15) is 11.6 Å². The van der Waals surface area contributed by atoms with Gasteiger partial charge in [-0.3, -0.25) is 4.79 Å². The largest absolute Gasteiger partial charge is 0.445 e. The second-order valence-electron chi connectivity index (χ2n) is 5.74. The molecule has 0 N–H and O–H groups in total. The van der Waals surface area contributed by atoms with Crippen LogP contribution in [0.2, 0.25) is 0 Å². The first-order chi connectivity index (χ1) is 10.6. The molecular formula is C17H19FN2O2. The molecule has 1 aromatic heterocycles. The Kier molecular flexibility index (Phi) is 4.22. The van der Waals surface area contributed by atoms with Crippen LogP contribution in [-0.2, 0) is 11.2 Å². The first-order valence-corrected chi connectivity index (χ1v) is 7.57. The first kappa shape index (κ1) is 14.8. The second-order valence-corrected chi connectivity index (χ2v) is 5.74. The number of aromatic nitrogens is 1. The molecule has 0 saturated carbocycles. The van der Waals surface area contributed by atoms with Gasteiger partial charge in [0.15, 0.2) is 5.89 Å². The number of carbonyl (C=O) groups excluding carboxylic acids is 1. The number of oxazole rings is 1. The molecule has 0 aliphatic carbocycles. The number of likely N-dealkylation sites (tertiary alicyclic amines) is 1. The summed E-state index contributed by atoms with van der Waals surface area (Å²) in [5, 5.41) is 0. The summed E-state index contributed by atoms with van der Waals surface area (Å²) in [6.07, 6.45) is 3.97. The molecule has 1 aliphatic heterocycles. The fourth-order valence-corrected chi connectivity index (χ4v) is 2.89. The van der Waals surface area contributed by atoms with E-state index < -0.39 is 0 Å². The summed E-state index contributed by atoms with van der Waals surface area (Å²) in [6.45, 7) is 3.03. The van der Waals surface area contributed by atoms with Gasteiger partial charge in [-0.1, -0.05) is 18.2 Å². The topological polar surface area (TPSA) is 46.3 Å². The minimum atomic E-state index is -0.235. The molecule has 2 heterocycles. The molecule has 2 aromatic rings. The molecule has 22 heavy (non-hydrogen) atoms. The molecule has 0 spiro atoms. The van der Waals surface area contributed by atoms with Gasteiger partial charge in [-0.25, -0.2) is 9.37 Å². The smallest absolute Gasteiger partial charge is 0.219 e. The molecule has 0 bridgehead atoms. The number of amides is 1. The summed E-state index contributed by atoms with van der Waals surface area (Å²) in [5.41, 5.74) is 0.596. The van der Waals surface area contributed by atoms with E-state index in [0.717, 1.165) is 19.4 Å². The Bertz CT molecular complexity index is 668. The molecule has 1 aromatic carbocycles. The number of rotatable bonds is 3. The van der Waals surface area contributed by atoms with Crippen molar-refractivity contribution in [2.24, 2.45) is 0 Å². The van der Waals surface area contributed by atoms with E-state index in [0.29, 0.717) is 30.2 Å². The van der Waals surface area contributed by atoms with Crippen molar-refractivity contribution in [3.8, 4) is 0 Å². The van der Waals surface area contributed by atoms with E-state index in [9.17, 15) is 9.18 Å². The van der Waals surface area contributed by atoms with E-state index in [1.165, 1.54) is 6.07 Å². The molecule has 116 valence electrons. The average Bonchev–Trinajstić information content (AvgIpc) is 2.98. The minimum absolute atomic E-state index is 0.0860. The van der Waals surface area contributed by atoms with Crippen LogP contribution in [0.4, 0.5) is 4.39 Å². The van der Waals surface area contributed by atoms with E-state index in [4.69, 9.17) is 4.42 Å². The number of nitrogens with zero attached hydrogens (tertiary/aromatic N) is 2. The Morgan fingerprint density at radius 1 is 1.45 bits per heavy atom. The highest BCUT2D eigenvalue weighted by Gasteiger charge is 2.26. The van der Waals surface area contributed by atoms with Gasteiger partial charge in [0.25, 0.3) is 0 Å². The highest BCUT2D eigenvalue weighted by molar-refractivity contribution is 5.73. The zero-order chi connectivity index (χ0) is 15.5. The van der Waals surface area contributed by atoms with Crippen molar-refractivity contribution in [2.75, 3.05) is 13.1 Å². The molecule has 4 nitrogen and oxygen atoms in total. The van der Waals surface area contributed by atoms with Crippen LogP contribution in [0.5, 0.6) is 0 Å². The maximum atomic E-state index is 13.7. The Morgan fingerprint density at radius 2 is 2.27 bits per heavy atom. The Morgan fingerprint density at radius 3 is 3.05 bits per heavy atom. The minimum Gasteiger partial charge on any atom is -0.445 e. The van der Waals surface area contributed by atoms with Crippen molar-refractivity contribution in [3.05, 3.63) is 53.5 Å².